The van der Waals surface area contributed by atoms with Crippen LogP contribution < -0.4 is 5.73 Å². The van der Waals surface area contributed by atoms with Gasteiger partial charge in [-0.1, -0.05) is 41.6 Å². The van der Waals surface area contributed by atoms with Crippen LogP contribution in [0.3, 0.4) is 0 Å². The van der Waals surface area contributed by atoms with Crippen molar-refractivity contribution < 1.29 is 9.50 Å². The van der Waals surface area contributed by atoms with Crippen molar-refractivity contribution in [2.24, 2.45) is 5.73 Å². The largest absolute Gasteiger partial charge is 0.387 e. The summed E-state index contributed by atoms with van der Waals surface area (Å²) in [5, 5.41) is 17.5. The molecule has 1 aromatic carbocycles. The van der Waals surface area contributed by atoms with Gasteiger partial charge in [-0.3, -0.25) is 0 Å². The van der Waals surface area contributed by atoms with Crippen LogP contribution in [0.5, 0.6) is 0 Å². The molecule has 0 amide bonds. The Morgan fingerprint density at radius 1 is 1.50 bits per heavy atom. The number of aliphatic hydroxyl groups excluding tert-OH is 1. The first-order valence-electron chi connectivity index (χ1n) is 5.45. The van der Waals surface area contributed by atoms with Crippen molar-refractivity contribution in [1.82, 2.24) is 0 Å². The predicted octanol–water partition coefficient (Wildman–Crippen LogP) is 2.97. The fourth-order valence-corrected chi connectivity index (χ4v) is 1.51. The fraction of sp³-hybridized carbons (Fsp3) is 0.417. The zero-order valence-corrected chi connectivity index (χ0v) is 13.3. The van der Waals surface area contributed by atoms with Crippen LogP contribution in [-0.2, 0) is 0 Å². The SMILES string of the molecule is C[Si](C)(C)C#N.NCC(O)c1ccc(F)cc1Br. The molecule has 0 saturated carbocycles. The second-order valence-corrected chi connectivity index (χ2v) is 10.4. The summed E-state index contributed by atoms with van der Waals surface area (Å²) in [5.41, 5.74) is 8.10. The molecule has 0 spiro atoms. The van der Waals surface area contributed by atoms with Gasteiger partial charge in [-0.15, -0.1) is 0 Å². The number of nitrogens with zero attached hydrogens (tertiary/aromatic N) is 1. The second kappa shape index (κ2) is 7.64. The van der Waals surface area contributed by atoms with Gasteiger partial charge < -0.3 is 10.8 Å². The minimum absolute atomic E-state index is 0.129. The highest BCUT2D eigenvalue weighted by Gasteiger charge is 2.09. The average molecular weight is 333 g/mol. The molecule has 6 heteroatoms. The van der Waals surface area contributed by atoms with Gasteiger partial charge in [-0.05, 0) is 17.7 Å². The van der Waals surface area contributed by atoms with Gasteiger partial charge in [0.2, 0.25) is 0 Å². The molecule has 0 heterocycles. The van der Waals surface area contributed by atoms with E-state index in [-0.39, 0.29) is 12.4 Å². The van der Waals surface area contributed by atoms with Gasteiger partial charge in [-0.2, -0.15) is 0 Å². The molecule has 0 bridgehead atoms. The summed E-state index contributed by atoms with van der Waals surface area (Å²) in [5.74, 6) is -0.338. The molecule has 0 saturated heterocycles. The van der Waals surface area contributed by atoms with Crippen LogP contribution in [0.15, 0.2) is 22.7 Å². The zero-order chi connectivity index (χ0) is 14.3. The van der Waals surface area contributed by atoms with Gasteiger partial charge in [0.25, 0.3) is 0 Å². The lowest BCUT2D eigenvalue weighted by molar-refractivity contribution is 0.186. The minimum atomic E-state index is -1.33. The van der Waals surface area contributed by atoms with Crippen LogP contribution in [-0.4, -0.2) is 19.7 Å². The van der Waals surface area contributed by atoms with Crippen LogP contribution >= 0.6 is 15.9 Å². The molecule has 0 aliphatic rings. The number of nitrogens with two attached hydrogens (primary N) is 1. The Hall–Kier alpha value is -0.743. The molecular weight excluding hydrogens is 315 g/mol. The van der Waals surface area contributed by atoms with Gasteiger partial charge in [0, 0.05) is 16.7 Å². The molecule has 0 aromatic heterocycles. The molecule has 3 nitrogen and oxygen atoms in total. The second-order valence-electron chi connectivity index (χ2n) is 4.78. The van der Waals surface area contributed by atoms with Gasteiger partial charge in [0.05, 0.1) is 6.10 Å². The summed E-state index contributed by atoms with van der Waals surface area (Å²) < 4.78 is 13.1. The number of rotatable bonds is 2. The molecule has 1 atom stereocenters. The third-order valence-electron chi connectivity index (χ3n) is 1.88. The lowest BCUT2D eigenvalue weighted by Crippen LogP contribution is -2.15. The standard InChI is InChI=1S/C8H9BrFNO.C4H9NSi/c9-7-3-5(10)1-2-6(7)8(12)4-11;1-6(2,3)4-5/h1-3,8,12H,4,11H2;1-3H3. The number of hydrogen-bond acceptors (Lipinski definition) is 3. The molecule has 3 N–H and O–H groups in total. The van der Waals surface area contributed by atoms with Gasteiger partial charge in [-0.25, -0.2) is 9.65 Å². The summed E-state index contributed by atoms with van der Waals surface area (Å²) in [6.07, 6.45) is -0.736. The molecule has 0 fully saturated rings. The quantitative estimate of drug-likeness (QED) is 0.818. The van der Waals surface area contributed by atoms with E-state index in [2.05, 4.69) is 21.6 Å². The average Bonchev–Trinajstić information content (AvgIpc) is 2.28. The van der Waals surface area contributed by atoms with Gasteiger partial charge >= 0.3 is 0 Å². The van der Waals surface area contributed by atoms with E-state index >= 15 is 0 Å². The maximum Gasteiger partial charge on any atom is 0.164 e. The van der Waals surface area contributed by atoms with Gasteiger partial charge in [0.1, 0.15) is 5.82 Å². The maximum atomic E-state index is 12.6. The minimum Gasteiger partial charge on any atom is -0.387 e. The van der Waals surface area contributed by atoms with Crippen molar-refractivity contribution in [3.8, 4) is 5.69 Å². The summed E-state index contributed by atoms with van der Waals surface area (Å²) >= 11 is 3.13. The highest BCUT2D eigenvalue weighted by molar-refractivity contribution is 9.10. The molecule has 100 valence electrons. The van der Waals surface area contributed by atoms with E-state index in [0.717, 1.165) is 0 Å². The number of aliphatic hydroxyl groups is 1. The van der Waals surface area contributed by atoms with Gasteiger partial charge in [0.15, 0.2) is 8.07 Å². The third-order valence-corrected chi connectivity index (χ3v) is 3.24. The lowest BCUT2D eigenvalue weighted by atomic mass is 10.1. The molecule has 1 unspecified atom stereocenters. The lowest BCUT2D eigenvalue weighted by Gasteiger charge is -2.09. The van der Waals surface area contributed by atoms with Crippen LogP contribution in [0.1, 0.15) is 11.7 Å². The van der Waals surface area contributed by atoms with Crippen molar-refractivity contribution in [1.29, 1.82) is 5.26 Å². The van der Waals surface area contributed by atoms with E-state index in [1.807, 2.05) is 19.6 Å². The van der Waals surface area contributed by atoms with E-state index in [1.165, 1.54) is 18.2 Å². The van der Waals surface area contributed by atoms with Crippen LogP contribution in [0.4, 0.5) is 4.39 Å². The first-order valence-corrected chi connectivity index (χ1v) is 9.75. The number of halogens is 2. The number of benzene rings is 1. The van der Waals surface area contributed by atoms with E-state index in [9.17, 15) is 9.50 Å². The molecule has 0 radical (unpaired) electrons. The Balaban J connectivity index is 0.000000411. The van der Waals surface area contributed by atoms with Crippen molar-refractivity contribution in [3.05, 3.63) is 34.1 Å². The van der Waals surface area contributed by atoms with E-state index < -0.39 is 14.2 Å². The molecule has 0 aliphatic carbocycles. The smallest absolute Gasteiger partial charge is 0.164 e. The topological polar surface area (TPSA) is 70.0 Å². The van der Waals surface area contributed by atoms with E-state index in [4.69, 9.17) is 11.0 Å². The van der Waals surface area contributed by atoms with Crippen molar-refractivity contribution >= 4 is 24.0 Å². The van der Waals surface area contributed by atoms with Crippen LogP contribution in [0, 0.1) is 16.8 Å². The maximum absolute atomic E-state index is 12.6. The summed E-state index contributed by atoms with van der Waals surface area (Å²) in [7, 11) is -1.33. The zero-order valence-electron chi connectivity index (χ0n) is 10.7. The van der Waals surface area contributed by atoms with Crippen LogP contribution in [0.25, 0.3) is 0 Å². The highest BCUT2D eigenvalue weighted by atomic mass is 79.9. The number of hydrogen-bond donors (Lipinski definition) is 2. The molecule has 1 rings (SSSR count). The fourth-order valence-electron chi connectivity index (χ4n) is 0.899. The van der Waals surface area contributed by atoms with Crippen molar-refractivity contribution in [2.75, 3.05) is 6.54 Å². The highest BCUT2D eigenvalue weighted by Crippen LogP contribution is 2.23. The Kier molecular flexibility index (Phi) is 7.32. The molecule has 0 aliphatic heterocycles. The third kappa shape index (κ3) is 6.86. The van der Waals surface area contributed by atoms with Crippen LogP contribution in [0.2, 0.25) is 19.6 Å². The normalized spacial score (nSPS) is 12.1. The molecule has 1 aromatic rings. The summed E-state index contributed by atoms with van der Waals surface area (Å²) in [4.78, 5) is 0. The van der Waals surface area contributed by atoms with Crippen molar-refractivity contribution in [2.45, 2.75) is 25.7 Å². The molecular formula is C12H18BrFN2OSi. The van der Waals surface area contributed by atoms with E-state index in [0.29, 0.717) is 10.0 Å². The Bertz CT molecular complexity index is 429. The van der Waals surface area contributed by atoms with E-state index in [1.54, 1.807) is 0 Å². The van der Waals surface area contributed by atoms with Crippen molar-refractivity contribution in [3.63, 3.8) is 0 Å². The Labute approximate surface area is 117 Å². The predicted molar refractivity (Wildman–Crippen MR) is 77.1 cm³/mol. The number of nitriles is 1. The Morgan fingerprint density at radius 2 is 2.00 bits per heavy atom. The monoisotopic (exact) mass is 332 g/mol. The Morgan fingerprint density at radius 3 is 2.33 bits per heavy atom. The first kappa shape index (κ1) is 17.3. The first-order chi connectivity index (χ1) is 8.21. The summed E-state index contributed by atoms with van der Waals surface area (Å²) in [6, 6.07) is 4.10. The summed E-state index contributed by atoms with van der Waals surface area (Å²) in [6.45, 7) is 6.19. The molecule has 18 heavy (non-hydrogen) atoms.